The molecule has 0 spiro atoms. The van der Waals surface area contributed by atoms with Crippen LogP contribution in [-0.4, -0.2) is 11.4 Å². The lowest BCUT2D eigenvalue weighted by Gasteiger charge is -1.78. The van der Waals surface area contributed by atoms with E-state index in [9.17, 15) is 4.39 Å². The summed E-state index contributed by atoms with van der Waals surface area (Å²) in [6.07, 6.45) is 0. The summed E-state index contributed by atoms with van der Waals surface area (Å²) < 4.78 is 16.0. The smallest absolute Gasteiger partial charge is 0.248 e. The minimum atomic E-state index is -1.53. The first-order valence-electron chi connectivity index (χ1n) is 1.64. The van der Waals surface area contributed by atoms with Gasteiger partial charge in [-0.1, -0.05) is 11.6 Å². The van der Waals surface area contributed by atoms with Crippen molar-refractivity contribution >= 4 is 11.6 Å². The van der Waals surface area contributed by atoms with Gasteiger partial charge in [0.2, 0.25) is 5.85 Å². The Morgan fingerprint density at radius 1 is 2.00 bits per heavy atom. The van der Waals surface area contributed by atoms with Crippen molar-refractivity contribution in [2.45, 2.75) is 18.3 Å². The van der Waals surface area contributed by atoms with E-state index in [1.54, 1.807) is 0 Å². The quantitative estimate of drug-likeness (QED) is 0.338. The first kappa shape index (κ1) is 4.34. The number of rotatable bonds is 0. The molecule has 1 heterocycles. The molecule has 1 aliphatic rings. The van der Waals surface area contributed by atoms with E-state index in [1.165, 1.54) is 6.92 Å². The summed E-state index contributed by atoms with van der Waals surface area (Å²) in [4.78, 5) is 0. The Bertz CT molecular complexity index is 73.2. The first-order chi connectivity index (χ1) is 2.63. The highest BCUT2D eigenvalue weighted by molar-refractivity contribution is 6.21. The lowest BCUT2D eigenvalue weighted by molar-refractivity contribution is 0.162. The molecule has 0 radical (unpaired) electrons. The number of ether oxygens (including phenoxy) is 1. The molecule has 0 aliphatic carbocycles. The molecule has 1 aliphatic heterocycles. The highest BCUT2D eigenvalue weighted by Gasteiger charge is 2.52. The van der Waals surface area contributed by atoms with Gasteiger partial charge in [0.05, 0.1) is 0 Å². The second-order valence-corrected chi connectivity index (χ2v) is 1.82. The normalized spacial score (nSPS) is 55.5. The lowest BCUT2D eigenvalue weighted by atomic mass is 10.5. The number of alkyl halides is 2. The zero-order valence-corrected chi connectivity index (χ0v) is 4.00. The summed E-state index contributed by atoms with van der Waals surface area (Å²) in [6, 6.07) is 0. The Hall–Kier alpha value is 0.180. The van der Waals surface area contributed by atoms with Gasteiger partial charge in [-0.25, -0.2) is 4.39 Å². The van der Waals surface area contributed by atoms with Crippen LogP contribution in [-0.2, 0) is 4.74 Å². The van der Waals surface area contributed by atoms with E-state index >= 15 is 0 Å². The molecule has 0 aromatic rings. The molecule has 0 aromatic carbocycles. The maximum Gasteiger partial charge on any atom is 0.248 e. The lowest BCUT2D eigenvalue weighted by Crippen LogP contribution is -1.92. The summed E-state index contributed by atoms with van der Waals surface area (Å²) >= 11 is 5.08. The fraction of sp³-hybridized carbons (Fsp3) is 1.00. The third kappa shape index (κ3) is 0.502. The average molecular weight is 111 g/mol. The molecule has 1 saturated heterocycles. The molecule has 1 rings (SSSR count). The van der Waals surface area contributed by atoms with Gasteiger partial charge in [-0.05, 0) is 6.92 Å². The highest BCUT2D eigenvalue weighted by Crippen LogP contribution is 2.39. The molecular weight excluding hydrogens is 106 g/mol. The van der Waals surface area contributed by atoms with Crippen LogP contribution in [0.25, 0.3) is 0 Å². The maximum atomic E-state index is 11.8. The van der Waals surface area contributed by atoms with E-state index in [4.69, 9.17) is 11.6 Å². The van der Waals surface area contributed by atoms with Crippen LogP contribution in [0.3, 0.4) is 0 Å². The summed E-state index contributed by atoms with van der Waals surface area (Å²) in [5.74, 6) is -1.53. The van der Waals surface area contributed by atoms with Gasteiger partial charge < -0.3 is 4.74 Å². The molecule has 0 aromatic heterocycles. The van der Waals surface area contributed by atoms with E-state index < -0.39 is 11.4 Å². The first-order valence-corrected chi connectivity index (χ1v) is 2.07. The largest absolute Gasteiger partial charge is 0.317 e. The van der Waals surface area contributed by atoms with Gasteiger partial charge in [0, 0.05) is 0 Å². The van der Waals surface area contributed by atoms with Gasteiger partial charge in [-0.15, -0.1) is 0 Å². The van der Waals surface area contributed by atoms with E-state index in [0.29, 0.717) is 0 Å². The minimum absolute atomic E-state index is 0.697. The van der Waals surface area contributed by atoms with Gasteiger partial charge in [0.15, 0.2) is 5.56 Å². The highest BCUT2D eigenvalue weighted by atomic mass is 35.5. The van der Waals surface area contributed by atoms with Crippen LogP contribution in [0.2, 0.25) is 0 Å². The van der Waals surface area contributed by atoms with Crippen molar-refractivity contribution in [3.8, 4) is 0 Å². The number of hydrogen-bond donors (Lipinski definition) is 0. The predicted molar refractivity (Wildman–Crippen MR) is 20.2 cm³/mol. The van der Waals surface area contributed by atoms with Crippen LogP contribution in [0.5, 0.6) is 0 Å². The Kier molecular flexibility index (Phi) is 0.632. The molecule has 0 bridgehead atoms. The third-order valence-corrected chi connectivity index (χ3v) is 1.16. The fourth-order valence-corrected chi connectivity index (χ4v) is 0.342. The molecule has 0 amide bonds. The van der Waals surface area contributed by atoms with Gasteiger partial charge in [0.1, 0.15) is 0 Å². The van der Waals surface area contributed by atoms with E-state index in [0.717, 1.165) is 0 Å². The van der Waals surface area contributed by atoms with Crippen molar-refractivity contribution in [3.05, 3.63) is 0 Å². The van der Waals surface area contributed by atoms with Gasteiger partial charge in [-0.3, -0.25) is 0 Å². The van der Waals surface area contributed by atoms with Crippen LogP contribution in [0.1, 0.15) is 6.92 Å². The Morgan fingerprint density at radius 3 is 2.17 bits per heavy atom. The number of epoxide rings is 1. The van der Waals surface area contributed by atoms with Crippen LogP contribution < -0.4 is 0 Å². The molecule has 2 unspecified atom stereocenters. The van der Waals surface area contributed by atoms with Crippen molar-refractivity contribution in [1.82, 2.24) is 0 Å². The topological polar surface area (TPSA) is 12.5 Å². The van der Waals surface area contributed by atoms with Gasteiger partial charge in [0.25, 0.3) is 0 Å². The Labute approximate surface area is 40.0 Å². The molecule has 0 saturated carbocycles. The average Bonchev–Trinajstić information content (AvgIpc) is 1.73. The van der Waals surface area contributed by atoms with Crippen molar-refractivity contribution < 1.29 is 9.13 Å². The predicted octanol–water partition coefficient (Wildman–Crippen LogP) is 1.27. The summed E-state index contributed by atoms with van der Waals surface area (Å²) in [7, 11) is 0. The maximum absolute atomic E-state index is 11.8. The summed E-state index contributed by atoms with van der Waals surface area (Å²) in [6.45, 7) is 1.30. The molecular formula is C3H4ClFO. The van der Waals surface area contributed by atoms with E-state index in [2.05, 4.69) is 4.74 Å². The second kappa shape index (κ2) is 0.873. The SMILES string of the molecule is CC1(F)OC1Cl. The zero-order valence-electron chi connectivity index (χ0n) is 3.24. The monoisotopic (exact) mass is 110 g/mol. The van der Waals surface area contributed by atoms with Gasteiger partial charge >= 0.3 is 0 Å². The Morgan fingerprint density at radius 2 is 2.17 bits per heavy atom. The molecule has 3 heteroatoms. The van der Waals surface area contributed by atoms with Crippen LogP contribution in [0, 0.1) is 0 Å². The molecule has 1 fully saturated rings. The van der Waals surface area contributed by atoms with Crippen molar-refractivity contribution in [3.63, 3.8) is 0 Å². The third-order valence-electron chi connectivity index (χ3n) is 0.682. The molecule has 0 N–H and O–H groups in total. The molecule has 2 atom stereocenters. The van der Waals surface area contributed by atoms with Crippen molar-refractivity contribution in [2.75, 3.05) is 0 Å². The second-order valence-electron chi connectivity index (χ2n) is 1.42. The van der Waals surface area contributed by atoms with Gasteiger partial charge in [-0.2, -0.15) is 0 Å². The standard InChI is InChI=1S/C3H4ClFO/c1-3(5)2(4)6-3/h2H,1H3. The summed E-state index contributed by atoms with van der Waals surface area (Å²) in [5.41, 5.74) is -0.697. The number of halogens is 2. The zero-order chi connectivity index (χ0) is 4.78. The molecule has 36 valence electrons. The number of hydrogen-bond acceptors (Lipinski definition) is 1. The van der Waals surface area contributed by atoms with E-state index in [1.807, 2.05) is 0 Å². The Balaban J connectivity index is 2.41. The van der Waals surface area contributed by atoms with Crippen LogP contribution in [0.4, 0.5) is 4.39 Å². The fourth-order valence-electron chi connectivity index (χ4n) is 0.168. The van der Waals surface area contributed by atoms with Crippen molar-refractivity contribution in [2.24, 2.45) is 0 Å². The van der Waals surface area contributed by atoms with Crippen LogP contribution in [0.15, 0.2) is 0 Å². The van der Waals surface area contributed by atoms with E-state index in [-0.39, 0.29) is 0 Å². The summed E-state index contributed by atoms with van der Waals surface area (Å²) in [5, 5.41) is 0. The van der Waals surface area contributed by atoms with Crippen LogP contribution >= 0.6 is 11.6 Å². The minimum Gasteiger partial charge on any atom is -0.317 e. The molecule has 1 nitrogen and oxygen atoms in total. The van der Waals surface area contributed by atoms with Crippen molar-refractivity contribution in [1.29, 1.82) is 0 Å². The molecule has 6 heavy (non-hydrogen) atoms.